The summed E-state index contributed by atoms with van der Waals surface area (Å²) in [6, 6.07) is 12.1. The van der Waals surface area contributed by atoms with Gasteiger partial charge in [-0.05, 0) is 54.8 Å². The third kappa shape index (κ3) is 4.97. The largest absolute Gasteiger partial charge is 0.493 e. The maximum atomic E-state index is 13.0. The smallest absolute Gasteiger partial charge is 0.297 e. The van der Waals surface area contributed by atoms with Crippen LogP contribution in [-0.2, 0) is 27.3 Å². The van der Waals surface area contributed by atoms with Crippen LogP contribution in [-0.4, -0.2) is 55.0 Å². The zero-order chi connectivity index (χ0) is 27.7. The molecule has 0 radical (unpaired) electrons. The van der Waals surface area contributed by atoms with E-state index in [0.29, 0.717) is 39.9 Å². The fourth-order valence-electron chi connectivity index (χ4n) is 4.86. The zero-order valence-corrected chi connectivity index (χ0v) is 23.4. The normalized spacial score (nSPS) is 15.3. The molecular weight excluding hydrogens is 522 g/mol. The molecule has 0 bridgehead atoms. The summed E-state index contributed by atoms with van der Waals surface area (Å²) >= 11 is 0. The highest BCUT2D eigenvalue weighted by molar-refractivity contribution is 7.86. The van der Waals surface area contributed by atoms with Crippen LogP contribution >= 0.6 is 0 Å². The molecular formula is C29H31NO8S. The predicted molar refractivity (Wildman–Crippen MR) is 146 cm³/mol. The molecule has 0 N–H and O–H groups in total. The molecule has 2 aliphatic rings. The fraction of sp³-hybridized carbons (Fsp3) is 0.310. The molecule has 3 aromatic rings. The van der Waals surface area contributed by atoms with E-state index in [1.54, 1.807) is 25.3 Å². The van der Waals surface area contributed by atoms with E-state index in [0.717, 1.165) is 35.4 Å². The molecule has 0 aromatic heterocycles. The van der Waals surface area contributed by atoms with Gasteiger partial charge < -0.3 is 28.6 Å². The van der Waals surface area contributed by atoms with Crippen molar-refractivity contribution in [2.45, 2.75) is 24.8 Å². The van der Waals surface area contributed by atoms with Crippen LogP contribution in [0.2, 0.25) is 0 Å². The van der Waals surface area contributed by atoms with E-state index < -0.39 is 10.1 Å². The molecule has 9 nitrogen and oxygen atoms in total. The van der Waals surface area contributed by atoms with Crippen LogP contribution in [0.3, 0.4) is 0 Å². The topological polar surface area (TPSA) is 92.8 Å². The van der Waals surface area contributed by atoms with Crippen molar-refractivity contribution in [3.63, 3.8) is 0 Å². The predicted octanol–water partition coefficient (Wildman–Crippen LogP) is 4.64. The molecule has 2 heterocycles. The Morgan fingerprint density at radius 3 is 2.41 bits per heavy atom. The molecule has 0 saturated heterocycles. The Labute approximate surface area is 228 Å². The summed E-state index contributed by atoms with van der Waals surface area (Å²) in [5, 5.41) is 0. The number of fused-ring (bicyclic) bond motifs is 2. The second-order valence-corrected chi connectivity index (χ2v) is 10.9. The van der Waals surface area contributed by atoms with Gasteiger partial charge in [-0.2, -0.15) is 8.42 Å². The van der Waals surface area contributed by atoms with Gasteiger partial charge in [-0.15, -0.1) is 0 Å². The number of ether oxygens (including phenoxy) is 5. The van der Waals surface area contributed by atoms with E-state index in [4.69, 9.17) is 27.9 Å². The average Bonchev–Trinajstić information content (AvgIpc) is 3.40. The first-order valence-electron chi connectivity index (χ1n) is 12.4. The molecule has 0 atom stereocenters. The van der Waals surface area contributed by atoms with Gasteiger partial charge in [0, 0.05) is 30.4 Å². The Balaban J connectivity index is 1.61. The van der Waals surface area contributed by atoms with E-state index in [1.165, 1.54) is 26.4 Å². The van der Waals surface area contributed by atoms with Gasteiger partial charge in [-0.3, -0.25) is 4.18 Å². The van der Waals surface area contributed by atoms with Crippen LogP contribution in [0, 0.1) is 6.92 Å². The lowest BCUT2D eigenvalue weighted by Crippen LogP contribution is -2.26. The Bertz CT molecular complexity index is 1530. The van der Waals surface area contributed by atoms with Crippen LogP contribution < -0.4 is 23.7 Å². The minimum atomic E-state index is -4.02. The summed E-state index contributed by atoms with van der Waals surface area (Å²) in [4.78, 5) is 2.20. The second kappa shape index (κ2) is 10.7. The van der Waals surface area contributed by atoms with Gasteiger partial charge in [-0.1, -0.05) is 23.8 Å². The molecule has 0 spiro atoms. The lowest BCUT2D eigenvalue weighted by atomic mass is 9.92. The van der Waals surface area contributed by atoms with Gasteiger partial charge in [-0.25, -0.2) is 0 Å². The minimum Gasteiger partial charge on any atom is -0.493 e. The van der Waals surface area contributed by atoms with Crippen LogP contribution in [0.15, 0.2) is 47.4 Å². The number of benzene rings is 3. The lowest BCUT2D eigenvalue weighted by molar-refractivity contribution is 0.171. The van der Waals surface area contributed by atoms with Crippen molar-refractivity contribution in [1.82, 2.24) is 4.90 Å². The molecule has 0 unspecified atom stereocenters. The molecule has 0 amide bonds. The Kier molecular flexibility index (Phi) is 7.33. The summed E-state index contributed by atoms with van der Waals surface area (Å²) in [6.45, 7) is 2.53. The van der Waals surface area contributed by atoms with Gasteiger partial charge in [0.05, 0.1) is 32.8 Å². The number of methoxy groups -OCH3 is 3. The molecule has 0 aliphatic carbocycles. The Morgan fingerprint density at radius 2 is 1.72 bits per heavy atom. The Hall–Kier alpha value is -3.89. The first-order valence-corrected chi connectivity index (χ1v) is 13.8. The maximum absolute atomic E-state index is 13.0. The number of rotatable bonds is 8. The first kappa shape index (κ1) is 26.7. The molecule has 0 saturated carbocycles. The van der Waals surface area contributed by atoms with Gasteiger partial charge >= 0.3 is 0 Å². The molecule has 10 heteroatoms. The van der Waals surface area contributed by atoms with E-state index in [9.17, 15) is 8.42 Å². The number of nitrogens with zero attached hydrogens (tertiary/aromatic N) is 1. The van der Waals surface area contributed by atoms with Gasteiger partial charge in [0.2, 0.25) is 12.5 Å². The third-order valence-corrected chi connectivity index (χ3v) is 8.21. The van der Waals surface area contributed by atoms with Crippen molar-refractivity contribution >= 4 is 21.9 Å². The van der Waals surface area contributed by atoms with Crippen molar-refractivity contribution in [3.05, 3.63) is 70.3 Å². The molecule has 3 aromatic carbocycles. The molecule has 0 fully saturated rings. The van der Waals surface area contributed by atoms with E-state index in [2.05, 4.69) is 4.90 Å². The quantitative estimate of drug-likeness (QED) is 0.370. The van der Waals surface area contributed by atoms with Crippen LogP contribution in [0.4, 0.5) is 0 Å². The van der Waals surface area contributed by atoms with Gasteiger partial charge in [0.15, 0.2) is 23.0 Å². The van der Waals surface area contributed by atoms with Crippen LogP contribution in [0.25, 0.3) is 11.8 Å². The lowest BCUT2D eigenvalue weighted by Gasteiger charge is -2.32. The number of aryl methyl sites for hydroxylation is 1. The zero-order valence-electron chi connectivity index (χ0n) is 22.6. The SMILES string of the molecule is COc1ccc(/C=C2/c3c(cc4c(c3OC)OCO4)CCN2C)c(COS(=O)(=O)c2ccc(C)cc2)c1OC. The molecule has 206 valence electrons. The van der Waals surface area contributed by atoms with E-state index in [1.807, 2.05) is 32.2 Å². The number of hydrogen-bond acceptors (Lipinski definition) is 9. The van der Waals surface area contributed by atoms with Crippen LogP contribution in [0.1, 0.15) is 27.8 Å². The molecule has 2 aliphatic heterocycles. The van der Waals surface area contributed by atoms with E-state index >= 15 is 0 Å². The summed E-state index contributed by atoms with van der Waals surface area (Å²) in [5.74, 6) is 2.68. The maximum Gasteiger partial charge on any atom is 0.297 e. The minimum absolute atomic E-state index is 0.0802. The summed E-state index contributed by atoms with van der Waals surface area (Å²) in [6.07, 6.45) is 2.77. The highest BCUT2D eigenvalue weighted by Gasteiger charge is 2.31. The van der Waals surface area contributed by atoms with Crippen LogP contribution in [0.5, 0.6) is 28.7 Å². The second-order valence-electron chi connectivity index (χ2n) is 9.28. The molecule has 39 heavy (non-hydrogen) atoms. The highest BCUT2D eigenvalue weighted by Crippen LogP contribution is 2.49. The summed E-state index contributed by atoms with van der Waals surface area (Å²) in [5.41, 5.74) is 5.03. The van der Waals surface area contributed by atoms with Crippen molar-refractivity contribution in [1.29, 1.82) is 0 Å². The Morgan fingerprint density at radius 1 is 0.974 bits per heavy atom. The monoisotopic (exact) mass is 553 g/mol. The van der Waals surface area contributed by atoms with Crippen molar-refractivity contribution in [2.75, 3.05) is 41.7 Å². The van der Waals surface area contributed by atoms with Crippen molar-refractivity contribution in [2.24, 2.45) is 0 Å². The highest BCUT2D eigenvalue weighted by atomic mass is 32.2. The third-order valence-electron chi connectivity index (χ3n) is 6.93. The van der Waals surface area contributed by atoms with E-state index in [-0.39, 0.29) is 18.3 Å². The first-order chi connectivity index (χ1) is 18.8. The number of likely N-dealkylation sites (N-methyl/N-ethyl adjacent to an activating group) is 1. The van der Waals surface area contributed by atoms with Crippen molar-refractivity contribution in [3.8, 4) is 28.7 Å². The standard InChI is InChI=1S/C29H31NO8S/c1-18-6-9-21(10-7-18)39(31,32)38-16-22-19(8-11-24(33-3)27(22)34-4)14-23-26-20(12-13-30(23)2)15-25-28(29(26)35-5)37-17-36-25/h6-11,14-15H,12-13,16-17H2,1-5H3/b23-14-. The fourth-order valence-corrected chi connectivity index (χ4v) is 5.74. The van der Waals surface area contributed by atoms with Crippen molar-refractivity contribution < 1.29 is 36.3 Å². The summed E-state index contributed by atoms with van der Waals surface area (Å²) in [7, 11) is 2.62. The average molecular weight is 554 g/mol. The number of hydrogen-bond donors (Lipinski definition) is 0. The summed E-state index contributed by atoms with van der Waals surface area (Å²) < 4.78 is 59.9. The molecule has 5 rings (SSSR count). The van der Waals surface area contributed by atoms with Gasteiger partial charge in [0.1, 0.15) is 0 Å². The van der Waals surface area contributed by atoms with Gasteiger partial charge in [0.25, 0.3) is 10.1 Å².